The second-order valence-corrected chi connectivity index (χ2v) is 7.47. The quantitative estimate of drug-likeness (QED) is 0.884. The highest BCUT2D eigenvalue weighted by atomic mass is 35.5. The van der Waals surface area contributed by atoms with Crippen LogP contribution in [0.15, 0.2) is 36.4 Å². The summed E-state index contributed by atoms with van der Waals surface area (Å²) in [5.74, 6) is -0.265. The van der Waals surface area contributed by atoms with E-state index in [1.807, 2.05) is 19.9 Å². The Morgan fingerprint density at radius 3 is 2.05 bits per heavy atom. The van der Waals surface area contributed by atoms with Gasteiger partial charge < -0.3 is 0 Å². The fourth-order valence-electron chi connectivity index (χ4n) is 2.11. The molecule has 21 heavy (non-hydrogen) atoms. The Balaban J connectivity index is 2.27. The Morgan fingerprint density at radius 1 is 1.00 bits per heavy atom. The van der Waals surface area contributed by atoms with Gasteiger partial charge in [0.1, 0.15) is 0 Å². The molecule has 0 spiro atoms. The van der Waals surface area contributed by atoms with Gasteiger partial charge in [0.05, 0.1) is 5.75 Å². The summed E-state index contributed by atoms with van der Waals surface area (Å²) in [4.78, 5) is 0. The number of rotatable bonds is 4. The maximum absolute atomic E-state index is 12.3. The van der Waals surface area contributed by atoms with Crippen molar-refractivity contribution in [3.05, 3.63) is 63.1 Å². The lowest BCUT2D eigenvalue weighted by molar-refractivity contribution is 0.600. The van der Waals surface area contributed by atoms with Crippen LogP contribution in [0.5, 0.6) is 0 Å². The maximum Gasteiger partial charge on any atom is 0.237 e. The fraction of sp³-hybridized carbons (Fsp3) is 0.200. The van der Waals surface area contributed by atoms with Crippen molar-refractivity contribution in [2.75, 3.05) is 4.72 Å². The molecule has 0 atom stereocenters. The van der Waals surface area contributed by atoms with Gasteiger partial charge in [0, 0.05) is 21.3 Å². The van der Waals surface area contributed by atoms with Crippen LogP contribution in [0, 0.1) is 13.8 Å². The summed E-state index contributed by atoms with van der Waals surface area (Å²) in [6.45, 7) is 3.82. The second-order valence-electron chi connectivity index (χ2n) is 4.94. The van der Waals surface area contributed by atoms with Crippen molar-refractivity contribution >= 4 is 38.9 Å². The summed E-state index contributed by atoms with van der Waals surface area (Å²) < 4.78 is 27.1. The summed E-state index contributed by atoms with van der Waals surface area (Å²) >= 11 is 12.0. The molecule has 3 nitrogen and oxygen atoms in total. The molecule has 112 valence electrons. The molecule has 0 saturated heterocycles. The zero-order valence-corrected chi connectivity index (χ0v) is 14.0. The molecule has 0 aliphatic carbocycles. The number of hydrogen-bond donors (Lipinski definition) is 1. The van der Waals surface area contributed by atoms with Crippen molar-refractivity contribution in [2.24, 2.45) is 0 Å². The van der Waals surface area contributed by atoms with E-state index >= 15 is 0 Å². The van der Waals surface area contributed by atoms with E-state index < -0.39 is 10.0 Å². The standard InChI is InChI=1S/C15H15Cl2NO2S/c1-10-6-11(2)8-12(7-10)18-21(19,20)9-13-14(16)4-3-5-15(13)17/h3-8,18H,9H2,1-2H3. The Labute approximate surface area is 135 Å². The SMILES string of the molecule is Cc1cc(C)cc(NS(=O)(=O)Cc2c(Cl)cccc2Cl)c1. The Hall–Kier alpha value is -1.23. The summed E-state index contributed by atoms with van der Waals surface area (Å²) in [7, 11) is -3.59. The fourth-order valence-corrected chi connectivity index (χ4v) is 4.04. The number of halogens is 2. The van der Waals surface area contributed by atoms with E-state index in [0.717, 1.165) is 11.1 Å². The van der Waals surface area contributed by atoms with E-state index in [9.17, 15) is 8.42 Å². The van der Waals surface area contributed by atoms with Gasteiger partial charge in [-0.25, -0.2) is 8.42 Å². The number of hydrogen-bond acceptors (Lipinski definition) is 2. The van der Waals surface area contributed by atoms with Gasteiger partial charge in [-0.15, -0.1) is 0 Å². The monoisotopic (exact) mass is 343 g/mol. The molecule has 0 aromatic heterocycles. The van der Waals surface area contributed by atoms with Gasteiger partial charge in [-0.1, -0.05) is 35.3 Å². The lowest BCUT2D eigenvalue weighted by Crippen LogP contribution is -2.15. The number of anilines is 1. The summed E-state index contributed by atoms with van der Waals surface area (Å²) in [5.41, 5.74) is 2.92. The third-order valence-corrected chi connectivity index (χ3v) is 4.81. The molecular formula is C15H15Cl2NO2S. The zero-order chi connectivity index (χ0) is 15.6. The van der Waals surface area contributed by atoms with Crippen LogP contribution in [0.2, 0.25) is 10.0 Å². The number of aryl methyl sites for hydroxylation is 2. The predicted octanol–water partition coefficient (Wildman–Crippen LogP) is 4.55. The molecule has 2 aromatic rings. The zero-order valence-electron chi connectivity index (χ0n) is 11.7. The van der Waals surface area contributed by atoms with Crippen molar-refractivity contribution < 1.29 is 8.42 Å². The Bertz CT molecular complexity index is 733. The normalized spacial score (nSPS) is 11.4. The Kier molecular flexibility index (Phi) is 4.81. The van der Waals surface area contributed by atoms with Gasteiger partial charge in [-0.2, -0.15) is 0 Å². The van der Waals surface area contributed by atoms with E-state index in [-0.39, 0.29) is 5.75 Å². The highest BCUT2D eigenvalue weighted by Gasteiger charge is 2.16. The molecule has 0 radical (unpaired) electrons. The molecule has 0 fully saturated rings. The van der Waals surface area contributed by atoms with E-state index in [0.29, 0.717) is 21.3 Å². The molecule has 0 unspecified atom stereocenters. The van der Waals surface area contributed by atoms with Crippen LogP contribution in [0.1, 0.15) is 16.7 Å². The van der Waals surface area contributed by atoms with Gasteiger partial charge >= 0.3 is 0 Å². The summed E-state index contributed by atoms with van der Waals surface area (Å²) in [6, 6.07) is 10.4. The first kappa shape index (κ1) is 16.1. The second kappa shape index (κ2) is 6.26. The molecule has 0 aliphatic rings. The first-order chi connectivity index (χ1) is 9.77. The van der Waals surface area contributed by atoms with E-state index in [1.165, 1.54) is 0 Å². The lowest BCUT2D eigenvalue weighted by atomic mass is 10.1. The third-order valence-electron chi connectivity index (χ3n) is 2.89. The van der Waals surface area contributed by atoms with Crippen molar-refractivity contribution in [3.8, 4) is 0 Å². The van der Waals surface area contributed by atoms with Gasteiger partial charge in [-0.3, -0.25) is 4.72 Å². The molecule has 2 rings (SSSR count). The number of sulfonamides is 1. The molecule has 0 bridgehead atoms. The van der Waals surface area contributed by atoms with Crippen molar-refractivity contribution in [3.63, 3.8) is 0 Å². The number of benzene rings is 2. The van der Waals surface area contributed by atoms with Crippen LogP contribution in [-0.4, -0.2) is 8.42 Å². The van der Waals surface area contributed by atoms with E-state index in [1.54, 1.807) is 30.3 Å². The predicted molar refractivity (Wildman–Crippen MR) is 88.6 cm³/mol. The van der Waals surface area contributed by atoms with Crippen molar-refractivity contribution in [2.45, 2.75) is 19.6 Å². The minimum absolute atomic E-state index is 0.265. The molecular weight excluding hydrogens is 329 g/mol. The van der Waals surface area contributed by atoms with Crippen LogP contribution in [0.25, 0.3) is 0 Å². The molecule has 6 heteroatoms. The van der Waals surface area contributed by atoms with E-state index in [2.05, 4.69) is 4.72 Å². The van der Waals surface area contributed by atoms with Crippen molar-refractivity contribution in [1.82, 2.24) is 0 Å². The van der Waals surface area contributed by atoms with E-state index in [4.69, 9.17) is 23.2 Å². The van der Waals surface area contributed by atoms with Gasteiger partial charge in [-0.05, 0) is 49.2 Å². The topological polar surface area (TPSA) is 46.2 Å². The van der Waals surface area contributed by atoms with Gasteiger partial charge in [0.15, 0.2) is 0 Å². The molecule has 0 aliphatic heterocycles. The molecule has 2 aromatic carbocycles. The highest BCUT2D eigenvalue weighted by Crippen LogP contribution is 2.27. The lowest BCUT2D eigenvalue weighted by Gasteiger charge is -2.11. The summed E-state index contributed by atoms with van der Waals surface area (Å²) in [6.07, 6.45) is 0. The van der Waals surface area contributed by atoms with Crippen LogP contribution >= 0.6 is 23.2 Å². The molecule has 0 amide bonds. The largest absolute Gasteiger partial charge is 0.283 e. The van der Waals surface area contributed by atoms with Crippen molar-refractivity contribution in [1.29, 1.82) is 0 Å². The molecule has 0 saturated carbocycles. The maximum atomic E-state index is 12.3. The number of nitrogens with one attached hydrogen (secondary N) is 1. The Morgan fingerprint density at radius 2 is 1.52 bits per heavy atom. The average Bonchev–Trinajstić information content (AvgIpc) is 2.32. The highest BCUT2D eigenvalue weighted by molar-refractivity contribution is 7.91. The van der Waals surface area contributed by atoms with Crippen LogP contribution in [0.4, 0.5) is 5.69 Å². The van der Waals surface area contributed by atoms with Gasteiger partial charge in [0.2, 0.25) is 10.0 Å². The van der Waals surface area contributed by atoms with Crippen LogP contribution in [-0.2, 0) is 15.8 Å². The summed E-state index contributed by atoms with van der Waals surface area (Å²) in [5, 5.41) is 0.682. The average molecular weight is 344 g/mol. The smallest absolute Gasteiger partial charge is 0.237 e. The van der Waals surface area contributed by atoms with Crippen LogP contribution in [0.3, 0.4) is 0 Å². The van der Waals surface area contributed by atoms with Crippen LogP contribution < -0.4 is 4.72 Å². The first-order valence-corrected chi connectivity index (χ1v) is 8.69. The molecule has 1 N–H and O–H groups in total. The minimum atomic E-state index is -3.59. The first-order valence-electron chi connectivity index (χ1n) is 6.28. The minimum Gasteiger partial charge on any atom is -0.283 e. The van der Waals surface area contributed by atoms with Gasteiger partial charge in [0.25, 0.3) is 0 Å². The molecule has 0 heterocycles. The third kappa shape index (κ3) is 4.37.